The van der Waals surface area contributed by atoms with Gasteiger partial charge in [-0.05, 0) is 12.5 Å². The molecule has 0 aromatic rings. The van der Waals surface area contributed by atoms with Crippen molar-refractivity contribution in [3.05, 3.63) is 11.6 Å². The third-order valence-electron chi connectivity index (χ3n) is 1.50. The lowest BCUT2D eigenvalue weighted by Crippen LogP contribution is -2.51. The van der Waals surface area contributed by atoms with E-state index in [-0.39, 0.29) is 0 Å². The Morgan fingerprint density at radius 2 is 2.67 bits per heavy atom. The van der Waals surface area contributed by atoms with E-state index in [9.17, 15) is 4.79 Å². The standard InChI is InChI=1S/C6H9NO2/c1-2-4-3-7-5(4)6(8)9/h2,5,7H,3H2,1H3,(H,8,9)/b4-2-/t5-/m0/s1. The average molecular weight is 127 g/mol. The van der Waals surface area contributed by atoms with Crippen LogP contribution in [0.25, 0.3) is 0 Å². The van der Waals surface area contributed by atoms with Crippen molar-refractivity contribution < 1.29 is 9.90 Å². The van der Waals surface area contributed by atoms with Crippen molar-refractivity contribution in [3.8, 4) is 0 Å². The van der Waals surface area contributed by atoms with Crippen molar-refractivity contribution in [1.29, 1.82) is 0 Å². The second kappa shape index (κ2) is 2.19. The SMILES string of the molecule is C/C=C1/CN[C@@H]1C(=O)O. The summed E-state index contributed by atoms with van der Waals surface area (Å²) in [5, 5.41) is 11.2. The van der Waals surface area contributed by atoms with Crippen molar-refractivity contribution in [2.75, 3.05) is 6.54 Å². The molecule has 1 aliphatic rings. The number of nitrogens with one attached hydrogen (secondary N) is 1. The fourth-order valence-electron chi connectivity index (χ4n) is 0.837. The summed E-state index contributed by atoms with van der Waals surface area (Å²) in [4.78, 5) is 10.2. The van der Waals surface area contributed by atoms with Crippen LogP contribution in [0, 0.1) is 0 Å². The van der Waals surface area contributed by atoms with Gasteiger partial charge in [0.15, 0.2) is 0 Å². The minimum absolute atomic E-state index is 0.407. The molecule has 1 fully saturated rings. The molecule has 0 unspecified atom stereocenters. The molecule has 0 aliphatic carbocycles. The van der Waals surface area contributed by atoms with Gasteiger partial charge >= 0.3 is 5.97 Å². The number of hydrogen-bond donors (Lipinski definition) is 2. The van der Waals surface area contributed by atoms with E-state index in [1.807, 2.05) is 13.0 Å². The van der Waals surface area contributed by atoms with E-state index in [2.05, 4.69) is 5.32 Å². The van der Waals surface area contributed by atoms with Crippen LogP contribution in [0.3, 0.4) is 0 Å². The smallest absolute Gasteiger partial charge is 0.325 e. The van der Waals surface area contributed by atoms with Crippen LogP contribution in [0.15, 0.2) is 11.6 Å². The van der Waals surface area contributed by atoms with Crippen LogP contribution < -0.4 is 5.32 Å². The van der Waals surface area contributed by atoms with Crippen LogP contribution in [-0.4, -0.2) is 23.7 Å². The molecule has 3 heteroatoms. The molecule has 0 radical (unpaired) electrons. The molecule has 1 saturated heterocycles. The Labute approximate surface area is 53.4 Å². The number of rotatable bonds is 1. The molecule has 1 rings (SSSR count). The van der Waals surface area contributed by atoms with Gasteiger partial charge in [-0.1, -0.05) is 6.08 Å². The summed E-state index contributed by atoms with van der Waals surface area (Å²) in [6.45, 7) is 2.58. The first kappa shape index (κ1) is 6.29. The average Bonchev–Trinajstić information content (AvgIpc) is 1.61. The Hall–Kier alpha value is -0.830. The highest BCUT2D eigenvalue weighted by Gasteiger charge is 2.28. The highest BCUT2D eigenvalue weighted by Crippen LogP contribution is 2.10. The molecule has 0 saturated carbocycles. The Morgan fingerprint density at radius 1 is 2.00 bits per heavy atom. The topological polar surface area (TPSA) is 49.3 Å². The van der Waals surface area contributed by atoms with Crippen molar-refractivity contribution >= 4 is 5.97 Å². The van der Waals surface area contributed by atoms with Crippen LogP contribution >= 0.6 is 0 Å². The van der Waals surface area contributed by atoms with Gasteiger partial charge in [-0.25, -0.2) is 0 Å². The zero-order valence-electron chi connectivity index (χ0n) is 5.22. The largest absolute Gasteiger partial charge is 0.480 e. The lowest BCUT2D eigenvalue weighted by atomic mass is 10.00. The molecule has 1 aliphatic heterocycles. The Morgan fingerprint density at radius 3 is 2.78 bits per heavy atom. The first-order valence-electron chi connectivity index (χ1n) is 2.87. The minimum atomic E-state index is -0.783. The first-order valence-corrected chi connectivity index (χ1v) is 2.87. The van der Waals surface area contributed by atoms with Gasteiger partial charge in [-0.3, -0.25) is 10.1 Å². The maximum Gasteiger partial charge on any atom is 0.325 e. The van der Waals surface area contributed by atoms with Crippen LogP contribution in [0.5, 0.6) is 0 Å². The van der Waals surface area contributed by atoms with Gasteiger partial charge in [-0.15, -0.1) is 0 Å². The molecule has 1 atom stereocenters. The van der Waals surface area contributed by atoms with Gasteiger partial charge < -0.3 is 5.11 Å². The Kier molecular flexibility index (Phi) is 1.53. The normalized spacial score (nSPS) is 29.9. The number of aliphatic carboxylic acids is 1. The highest BCUT2D eigenvalue weighted by atomic mass is 16.4. The number of carbonyl (C=O) groups is 1. The molecule has 50 valence electrons. The summed E-state index contributed by atoms with van der Waals surface area (Å²) in [5.41, 5.74) is 0.975. The number of hydrogen-bond acceptors (Lipinski definition) is 2. The van der Waals surface area contributed by atoms with E-state index in [0.717, 1.165) is 12.1 Å². The molecule has 0 bridgehead atoms. The van der Waals surface area contributed by atoms with Gasteiger partial charge in [0.2, 0.25) is 0 Å². The molecule has 0 aromatic carbocycles. The van der Waals surface area contributed by atoms with Crippen LogP contribution in [0.1, 0.15) is 6.92 Å². The molecule has 2 N–H and O–H groups in total. The zero-order valence-corrected chi connectivity index (χ0v) is 5.22. The van der Waals surface area contributed by atoms with Crippen molar-refractivity contribution in [2.24, 2.45) is 0 Å². The van der Waals surface area contributed by atoms with Crippen molar-refractivity contribution in [1.82, 2.24) is 5.32 Å². The predicted molar refractivity (Wildman–Crippen MR) is 33.2 cm³/mol. The van der Waals surface area contributed by atoms with Gasteiger partial charge in [0.25, 0.3) is 0 Å². The lowest BCUT2D eigenvalue weighted by molar-refractivity contribution is -0.139. The van der Waals surface area contributed by atoms with Gasteiger partial charge in [0.1, 0.15) is 6.04 Å². The molecule has 3 nitrogen and oxygen atoms in total. The van der Waals surface area contributed by atoms with Crippen LogP contribution in [0.2, 0.25) is 0 Å². The molecular weight excluding hydrogens is 118 g/mol. The monoisotopic (exact) mass is 127 g/mol. The summed E-state index contributed by atoms with van der Waals surface area (Å²) >= 11 is 0. The molecule has 0 amide bonds. The summed E-state index contributed by atoms with van der Waals surface area (Å²) in [6.07, 6.45) is 1.84. The van der Waals surface area contributed by atoms with E-state index < -0.39 is 12.0 Å². The second-order valence-electron chi connectivity index (χ2n) is 2.02. The maximum atomic E-state index is 10.2. The molecule has 9 heavy (non-hydrogen) atoms. The quantitative estimate of drug-likeness (QED) is 0.487. The Balaban J connectivity index is 2.55. The maximum absolute atomic E-state index is 10.2. The Bertz CT molecular complexity index is 162. The van der Waals surface area contributed by atoms with Crippen molar-refractivity contribution in [2.45, 2.75) is 13.0 Å². The minimum Gasteiger partial charge on any atom is -0.480 e. The fraction of sp³-hybridized carbons (Fsp3) is 0.500. The predicted octanol–water partition coefficient (Wildman–Crippen LogP) is -0.0109. The van der Waals surface area contributed by atoms with Gasteiger partial charge in [-0.2, -0.15) is 0 Å². The summed E-state index contributed by atoms with van der Waals surface area (Å²) < 4.78 is 0. The lowest BCUT2D eigenvalue weighted by Gasteiger charge is -2.27. The third kappa shape index (κ3) is 0.954. The molecule has 0 spiro atoms. The summed E-state index contributed by atoms with van der Waals surface area (Å²) in [6, 6.07) is -0.407. The van der Waals surface area contributed by atoms with E-state index in [0.29, 0.717) is 0 Å². The fourth-order valence-corrected chi connectivity index (χ4v) is 0.837. The third-order valence-corrected chi connectivity index (χ3v) is 1.50. The van der Waals surface area contributed by atoms with Crippen LogP contribution in [0.4, 0.5) is 0 Å². The van der Waals surface area contributed by atoms with E-state index in [1.54, 1.807) is 0 Å². The number of allylic oxidation sites excluding steroid dienone is 1. The summed E-state index contributed by atoms with van der Waals surface area (Å²) in [5.74, 6) is -0.783. The van der Waals surface area contributed by atoms with Crippen LogP contribution in [-0.2, 0) is 4.79 Å². The van der Waals surface area contributed by atoms with E-state index in [1.165, 1.54) is 0 Å². The van der Waals surface area contributed by atoms with Gasteiger partial charge in [0.05, 0.1) is 0 Å². The molecule has 1 heterocycles. The van der Waals surface area contributed by atoms with Crippen molar-refractivity contribution in [3.63, 3.8) is 0 Å². The zero-order chi connectivity index (χ0) is 6.85. The molecule has 0 aromatic heterocycles. The van der Waals surface area contributed by atoms with E-state index >= 15 is 0 Å². The summed E-state index contributed by atoms with van der Waals surface area (Å²) in [7, 11) is 0. The highest BCUT2D eigenvalue weighted by molar-refractivity contribution is 5.79. The van der Waals surface area contributed by atoms with Gasteiger partial charge in [0, 0.05) is 6.54 Å². The second-order valence-corrected chi connectivity index (χ2v) is 2.02. The number of carboxylic acids is 1. The van der Waals surface area contributed by atoms with E-state index in [4.69, 9.17) is 5.11 Å². The number of carboxylic acid groups (broad SMARTS) is 1. The molecular formula is C6H9NO2. The first-order chi connectivity index (χ1) is 4.25.